The van der Waals surface area contributed by atoms with Crippen LogP contribution >= 0.6 is 12.4 Å². The van der Waals surface area contributed by atoms with E-state index >= 15 is 0 Å². The zero-order valence-corrected chi connectivity index (χ0v) is 41.1. The summed E-state index contributed by atoms with van der Waals surface area (Å²) in [6, 6.07) is 26.4. The van der Waals surface area contributed by atoms with Crippen molar-refractivity contribution in [2.24, 2.45) is 0 Å². The minimum absolute atomic E-state index is 0. The molecule has 1 unspecified atom stereocenters. The van der Waals surface area contributed by atoms with E-state index in [2.05, 4.69) is 17.0 Å². The maximum atomic E-state index is 13.1. The Balaban J connectivity index is 0.000000165. The zero-order chi connectivity index (χ0) is 50.1. The second-order valence-corrected chi connectivity index (χ2v) is 20.3. The van der Waals surface area contributed by atoms with Crippen molar-refractivity contribution in [2.45, 2.75) is 48.2 Å². The van der Waals surface area contributed by atoms with Gasteiger partial charge in [-0.2, -0.15) is 21.4 Å². The number of aryl methyl sites for hydroxylation is 2. The monoisotopic (exact) mass is 1050 g/mol. The molecule has 0 radical (unpaired) electrons. The number of methoxy groups -OCH3 is 2. The van der Waals surface area contributed by atoms with E-state index in [9.17, 15) is 37.1 Å². The summed E-state index contributed by atoms with van der Waals surface area (Å²) in [6.07, 6.45) is 4.11. The lowest BCUT2D eigenvalue weighted by molar-refractivity contribution is -0.686. The largest absolute Gasteiger partial charge is 0.493 e. The number of non-ortho nitro benzene ring substituents is 2. The van der Waals surface area contributed by atoms with Crippen molar-refractivity contribution in [2.75, 3.05) is 34.4 Å². The average molecular weight is 1050 g/mol. The second-order valence-electron chi connectivity index (χ2n) is 17.2. The molecule has 0 amide bonds. The molecule has 0 spiro atoms. The number of hydrogen-bond donors (Lipinski definition) is 0. The van der Waals surface area contributed by atoms with Crippen LogP contribution in [0.1, 0.15) is 33.9 Å². The summed E-state index contributed by atoms with van der Waals surface area (Å²) in [5.74, 6) is 3.68. The van der Waals surface area contributed by atoms with Crippen LogP contribution in [0.15, 0.2) is 119 Å². The van der Waals surface area contributed by atoms with E-state index in [1.54, 1.807) is 12.1 Å². The summed E-state index contributed by atoms with van der Waals surface area (Å²) in [6.45, 7) is 2.36. The topological polar surface area (TPSA) is 236 Å². The van der Waals surface area contributed by atoms with Gasteiger partial charge in [-0.3, -0.25) is 25.1 Å². The highest BCUT2D eigenvalue weighted by atomic mass is 35.5. The van der Waals surface area contributed by atoms with Gasteiger partial charge in [0.15, 0.2) is 58.7 Å². The standard InChI is InChI=1S/C25H22N2O8S.C25H19N2O8S.ClH/c2*1-32-22-7-2-15-10-21-19-12-24-23(33-14-34-24)11-16(19)8-9-26(21)13-20(15)25(22)35-36(30,31)18-5-3-17(4-6-18)27(28)29;/h2-7,11-12,21H,8-10,13-14H2,1H3;2-7,10-13H,8-9,14H2,1H3;1H/q;+1;. The fraction of sp³-hybridized carbons (Fsp3) is 0.220. The maximum absolute atomic E-state index is 13.1. The molecule has 6 heterocycles. The van der Waals surface area contributed by atoms with Crippen molar-refractivity contribution in [3.63, 3.8) is 0 Å². The van der Waals surface area contributed by atoms with Gasteiger partial charge in [-0.1, -0.05) is 6.07 Å². The van der Waals surface area contributed by atoms with Crippen LogP contribution in [0.5, 0.6) is 46.0 Å². The number of aromatic nitrogens is 1. The number of benzene rings is 6. The van der Waals surface area contributed by atoms with Crippen molar-refractivity contribution < 1.29 is 68.0 Å². The quantitative estimate of drug-likeness (QED) is 0.0547. The minimum atomic E-state index is -4.30. The zero-order valence-electron chi connectivity index (χ0n) is 38.7. The van der Waals surface area contributed by atoms with Gasteiger partial charge < -0.3 is 36.8 Å². The first-order chi connectivity index (χ1) is 34.7. The molecule has 0 fully saturated rings. The van der Waals surface area contributed by atoms with E-state index in [0.29, 0.717) is 36.4 Å². The molecule has 0 N–H and O–H groups in total. The molecule has 73 heavy (non-hydrogen) atoms. The number of nitrogens with zero attached hydrogens (tertiary/aromatic N) is 4. The fourth-order valence-corrected chi connectivity index (χ4v) is 11.6. The molecular weight excluding hydrogens is 1010 g/mol. The van der Waals surface area contributed by atoms with Gasteiger partial charge in [-0.05, 0) is 107 Å². The molecule has 20 nitrogen and oxygen atoms in total. The molecule has 7 aromatic rings. The number of halogens is 1. The van der Waals surface area contributed by atoms with Crippen molar-refractivity contribution in [3.8, 4) is 57.3 Å². The van der Waals surface area contributed by atoms with Crippen molar-refractivity contribution in [1.29, 1.82) is 0 Å². The van der Waals surface area contributed by atoms with E-state index < -0.39 is 30.1 Å². The minimum Gasteiger partial charge on any atom is -0.493 e. The van der Waals surface area contributed by atoms with Crippen LogP contribution in [0.4, 0.5) is 11.4 Å². The molecule has 0 saturated heterocycles. The highest BCUT2D eigenvalue weighted by Crippen LogP contribution is 2.48. The van der Waals surface area contributed by atoms with Crippen LogP contribution in [0.25, 0.3) is 22.0 Å². The molecule has 23 heteroatoms. The fourth-order valence-electron chi connectivity index (χ4n) is 9.68. The first kappa shape index (κ1) is 48.7. The van der Waals surface area contributed by atoms with Gasteiger partial charge in [0.1, 0.15) is 9.79 Å². The summed E-state index contributed by atoms with van der Waals surface area (Å²) in [7, 11) is -5.67. The Labute approximate surface area is 423 Å². The Morgan fingerprint density at radius 2 is 1.19 bits per heavy atom. The van der Waals surface area contributed by atoms with Gasteiger partial charge in [0.05, 0.1) is 35.0 Å². The van der Waals surface area contributed by atoms with Crippen LogP contribution in [-0.2, 0) is 52.6 Å². The Kier molecular flexibility index (Phi) is 12.6. The van der Waals surface area contributed by atoms with Gasteiger partial charge >= 0.3 is 20.2 Å². The number of nitro groups is 2. The van der Waals surface area contributed by atoms with E-state index in [1.807, 2.05) is 41.1 Å². The van der Waals surface area contributed by atoms with Crippen molar-refractivity contribution in [1.82, 2.24) is 4.90 Å². The second kappa shape index (κ2) is 18.9. The summed E-state index contributed by atoms with van der Waals surface area (Å²) in [5, 5.41) is 23.2. The lowest BCUT2D eigenvalue weighted by atomic mass is 9.83. The van der Waals surface area contributed by atoms with Crippen LogP contribution in [0, 0.1) is 20.2 Å². The summed E-state index contributed by atoms with van der Waals surface area (Å²) < 4.78 is 98.7. The van der Waals surface area contributed by atoms with Crippen molar-refractivity contribution in [3.05, 3.63) is 157 Å². The van der Waals surface area contributed by atoms with Gasteiger partial charge in [0.2, 0.25) is 19.3 Å². The van der Waals surface area contributed by atoms with Crippen LogP contribution in [0.2, 0.25) is 0 Å². The first-order valence-electron chi connectivity index (χ1n) is 22.4. The lowest BCUT2D eigenvalue weighted by Crippen LogP contribution is -2.40. The molecule has 6 aromatic carbocycles. The van der Waals surface area contributed by atoms with Gasteiger partial charge in [-0.15, -0.1) is 12.4 Å². The number of rotatable bonds is 10. The smallest absolute Gasteiger partial charge is 0.339 e. The summed E-state index contributed by atoms with van der Waals surface area (Å²) >= 11 is 0. The van der Waals surface area contributed by atoms with Crippen molar-refractivity contribution >= 4 is 54.8 Å². The molecule has 5 aliphatic rings. The van der Waals surface area contributed by atoms with E-state index in [0.717, 1.165) is 118 Å². The highest BCUT2D eigenvalue weighted by molar-refractivity contribution is 7.87. The number of ether oxygens (including phenoxy) is 6. The third kappa shape index (κ3) is 8.95. The number of nitro benzene ring substituents is 2. The average Bonchev–Trinajstić information content (AvgIpc) is 4.06. The Morgan fingerprint density at radius 1 is 0.644 bits per heavy atom. The van der Waals surface area contributed by atoms with Crippen LogP contribution < -0.4 is 41.4 Å². The third-order valence-electron chi connectivity index (χ3n) is 13.3. The predicted molar refractivity (Wildman–Crippen MR) is 261 cm³/mol. The van der Waals surface area contributed by atoms with Crippen LogP contribution in [0.3, 0.4) is 0 Å². The Morgan fingerprint density at radius 3 is 1.79 bits per heavy atom. The van der Waals surface area contributed by atoms with E-state index in [1.165, 1.54) is 25.3 Å². The molecule has 376 valence electrons. The normalized spacial score (nSPS) is 15.7. The predicted octanol–water partition coefficient (Wildman–Crippen LogP) is 7.94. The molecular formula is C50H42ClN4O16S2+. The Bertz CT molecular complexity index is 3640. The maximum Gasteiger partial charge on any atom is 0.339 e. The summed E-state index contributed by atoms with van der Waals surface area (Å²) in [4.78, 5) is 22.6. The van der Waals surface area contributed by atoms with Crippen LogP contribution in [-0.4, -0.2) is 65.9 Å². The molecule has 1 aromatic heterocycles. The Hall–Kier alpha value is -7.92. The molecule has 0 aliphatic carbocycles. The van der Waals surface area contributed by atoms with Gasteiger partial charge in [-0.25, -0.2) is 0 Å². The highest BCUT2D eigenvalue weighted by Gasteiger charge is 2.37. The van der Waals surface area contributed by atoms with E-state index in [4.69, 9.17) is 36.8 Å². The number of fused-ring (bicyclic) bond motifs is 10. The molecule has 0 bridgehead atoms. The first-order valence-corrected chi connectivity index (χ1v) is 25.2. The molecule has 0 saturated carbocycles. The number of hydrogen-bond acceptors (Lipinski definition) is 17. The molecule has 1 atom stereocenters. The third-order valence-corrected chi connectivity index (χ3v) is 15.7. The molecule has 5 aliphatic heterocycles. The SMILES string of the molecule is COc1ccc2c(c1OS(=O)(=O)c1ccc([N+](=O)[O-])cc1)CN1CCc3cc4c(cc3C1C2)OCO4.COc1ccc2cc3[n+](cc2c1OS(=O)(=O)c1ccc([N+](=O)[O-])cc1)CCc1cc2c(cc1-3)OCO2.Cl. The summed E-state index contributed by atoms with van der Waals surface area (Å²) in [5.41, 5.74) is 6.83. The lowest BCUT2D eigenvalue weighted by Gasteiger charge is -2.41. The van der Waals surface area contributed by atoms with Gasteiger partial charge in [0.25, 0.3) is 11.4 Å². The van der Waals surface area contributed by atoms with Gasteiger partial charge in [0, 0.05) is 61.4 Å². The number of pyridine rings is 1. The molecule has 12 rings (SSSR count). The van der Waals surface area contributed by atoms with E-state index in [-0.39, 0.29) is 70.4 Å².